The highest BCUT2D eigenvalue weighted by atomic mass is 35.5. The number of sulfonamides is 1. The molecule has 102 valence electrons. The van der Waals surface area contributed by atoms with Gasteiger partial charge in [0.05, 0.1) is 11.5 Å². The summed E-state index contributed by atoms with van der Waals surface area (Å²) in [6.45, 7) is 2.15. The highest BCUT2D eigenvalue weighted by molar-refractivity contribution is 7.89. The molecule has 1 aromatic rings. The number of benzene rings is 1. The van der Waals surface area contributed by atoms with Crippen LogP contribution in [0, 0.1) is 0 Å². The molecule has 0 saturated heterocycles. The van der Waals surface area contributed by atoms with Crippen LogP contribution < -0.4 is 10.0 Å². The topological polar surface area (TPSA) is 67.4 Å². The molecule has 2 N–H and O–H groups in total. The lowest BCUT2D eigenvalue weighted by molar-refractivity contribution is 0.199. The molecule has 0 heterocycles. The van der Waals surface area contributed by atoms with E-state index in [9.17, 15) is 8.42 Å². The minimum atomic E-state index is -3.48. The third-order valence-electron chi connectivity index (χ3n) is 2.18. The van der Waals surface area contributed by atoms with E-state index < -0.39 is 10.0 Å². The average molecular weight is 293 g/mol. The first-order valence-electron chi connectivity index (χ1n) is 5.51. The van der Waals surface area contributed by atoms with Crippen molar-refractivity contribution in [1.29, 1.82) is 0 Å². The number of halogens is 1. The van der Waals surface area contributed by atoms with Gasteiger partial charge in [-0.3, -0.25) is 0 Å². The molecular weight excluding hydrogens is 276 g/mol. The molecular formula is C11H17ClN2O3S. The highest BCUT2D eigenvalue weighted by Gasteiger charge is 2.12. The molecule has 0 aliphatic carbocycles. The van der Waals surface area contributed by atoms with Crippen molar-refractivity contribution in [2.75, 3.05) is 33.4 Å². The Morgan fingerprint density at radius 1 is 1.28 bits per heavy atom. The maximum Gasteiger partial charge on any atom is 0.240 e. The number of methoxy groups -OCH3 is 1. The van der Waals surface area contributed by atoms with Crippen LogP contribution in [-0.4, -0.2) is 41.8 Å². The van der Waals surface area contributed by atoms with Crippen LogP contribution in [0.2, 0.25) is 5.02 Å². The van der Waals surface area contributed by atoms with Crippen LogP contribution in [-0.2, 0) is 14.8 Å². The Hall–Kier alpha value is -0.660. The van der Waals surface area contributed by atoms with Gasteiger partial charge in [0, 0.05) is 31.8 Å². The molecule has 0 saturated carbocycles. The van der Waals surface area contributed by atoms with Crippen LogP contribution in [0.15, 0.2) is 29.2 Å². The summed E-state index contributed by atoms with van der Waals surface area (Å²) in [4.78, 5) is 0.173. The summed E-state index contributed by atoms with van der Waals surface area (Å²) in [5, 5.41) is 3.44. The van der Waals surface area contributed by atoms with Gasteiger partial charge in [-0.15, -0.1) is 0 Å². The van der Waals surface area contributed by atoms with E-state index in [1.54, 1.807) is 19.2 Å². The van der Waals surface area contributed by atoms with Crippen molar-refractivity contribution < 1.29 is 13.2 Å². The summed E-state index contributed by atoms with van der Waals surface area (Å²) in [5.74, 6) is 0. The molecule has 18 heavy (non-hydrogen) atoms. The third kappa shape index (κ3) is 5.32. The number of nitrogens with one attached hydrogen (secondary N) is 2. The fourth-order valence-electron chi connectivity index (χ4n) is 1.29. The van der Waals surface area contributed by atoms with Crippen LogP contribution in [0.5, 0.6) is 0 Å². The monoisotopic (exact) mass is 292 g/mol. The highest BCUT2D eigenvalue weighted by Crippen LogP contribution is 2.14. The fourth-order valence-corrected chi connectivity index (χ4v) is 2.62. The van der Waals surface area contributed by atoms with Crippen molar-refractivity contribution in [2.45, 2.75) is 4.90 Å². The van der Waals surface area contributed by atoms with Crippen LogP contribution in [0.25, 0.3) is 0 Å². The summed E-state index contributed by atoms with van der Waals surface area (Å²) in [6, 6.07) is 6.16. The summed E-state index contributed by atoms with van der Waals surface area (Å²) < 4.78 is 31.0. The van der Waals surface area contributed by atoms with Gasteiger partial charge in [0.25, 0.3) is 0 Å². The zero-order valence-corrected chi connectivity index (χ0v) is 11.7. The van der Waals surface area contributed by atoms with E-state index in [1.807, 2.05) is 0 Å². The Morgan fingerprint density at radius 2 is 2.06 bits per heavy atom. The molecule has 0 aliphatic rings. The summed E-state index contributed by atoms with van der Waals surface area (Å²) in [7, 11) is -1.87. The molecule has 0 fully saturated rings. The third-order valence-corrected chi connectivity index (χ3v) is 3.88. The lowest BCUT2D eigenvalue weighted by Crippen LogP contribution is -2.33. The van der Waals surface area contributed by atoms with Gasteiger partial charge in [-0.25, -0.2) is 13.1 Å². The first kappa shape index (κ1) is 15.4. The molecule has 0 atom stereocenters. The van der Waals surface area contributed by atoms with Crippen molar-refractivity contribution in [2.24, 2.45) is 0 Å². The second-order valence-corrected chi connectivity index (χ2v) is 5.80. The van der Waals surface area contributed by atoms with Gasteiger partial charge in [-0.2, -0.15) is 0 Å². The van der Waals surface area contributed by atoms with Gasteiger partial charge in [0.1, 0.15) is 0 Å². The van der Waals surface area contributed by atoms with Gasteiger partial charge in [-0.05, 0) is 18.2 Å². The predicted molar refractivity (Wildman–Crippen MR) is 71.4 cm³/mol. The largest absolute Gasteiger partial charge is 0.383 e. The molecule has 0 amide bonds. The minimum Gasteiger partial charge on any atom is -0.383 e. The van der Waals surface area contributed by atoms with Crippen LogP contribution in [0.4, 0.5) is 0 Å². The number of hydrogen-bond acceptors (Lipinski definition) is 4. The predicted octanol–water partition coefficient (Wildman–Crippen LogP) is 0.854. The van der Waals surface area contributed by atoms with E-state index in [1.165, 1.54) is 12.1 Å². The van der Waals surface area contributed by atoms with E-state index in [0.29, 0.717) is 31.3 Å². The lowest BCUT2D eigenvalue weighted by atomic mass is 10.4. The Bertz CT molecular complexity index is 465. The van der Waals surface area contributed by atoms with Crippen molar-refractivity contribution in [3.63, 3.8) is 0 Å². The zero-order valence-electron chi connectivity index (χ0n) is 10.1. The van der Waals surface area contributed by atoms with Crippen LogP contribution in [0.3, 0.4) is 0 Å². The van der Waals surface area contributed by atoms with Crippen molar-refractivity contribution >= 4 is 21.6 Å². The Labute approximate surface area is 113 Å². The summed E-state index contributed by atoms with van der Waals surface area (Å²) in [6.07, 6.45) is 0. The van der Waals surface area contributed by atoms with Gasteiger partial charge in [0.15, 0.2) is 0 Å². The minimum absolute atomic E-state index is 0.173. The van der Waals surface area contributed by atoms with E-state index >= 15 is 0 Å². The van der Waals surface area contributed by atoms with E-state index in [2.05, 4.69) is 10.0 Å². The normalized spacial score (nSPS) is 11.7. The molecule has 1 rings (SSSR count). The number of rotatable bonds is 8. The van der Waals surface area contributed by atoms with Gasteiger partial charge in [-0.1, -0.05) is 17.7 Å². The fraction of sp³-hybridized carbons (Fsp3) is 0.455. The summed E-state index contributed by atoms with van der Waals surface area (Å²) in [5.41, 5.74) is 0. The lowest BCUT2D eigenvalue weighted by Gasteiger charge is -2.07. The average Bonchev–Trinajstić information content (AvgIpc) is 2.33. The Kier molecular flexibility index (Phi) is 6.59. The second kappa shape index (κ2) is 7.70. The zero-order chi connectivity index (χ0) is 13.4. The maximum atomic E-state index is 11.9. The number of hydrogen-bond donors (Lipinski definition) is 2. The molecule has 5 nitrogen and oxygen atoms in total. The standard InChI is InChI=1S/C11H17ClN2O3S/c1-17-8-7-13-5-6-14-18(15,16)11-4-2-3-10(12)9-11/h2-4,9,13-14H,5-8H2,1H3. The van der Waals surface area contributed by atoms with Crippen LogP contribution >= 0.6 is 11.6 Å². The second-order valence-electron chi connectivity index (χ2n) is 3.60. The van der Waals surface area contributed by atoms with Crippen molar-refractivity contribution in [3.05, 3.63) is 29.3 Å². The maximum absolute atomic E-state index is 11.9. The van der Waals surface area contributed by atoms with Gasteiger partial charge in [0.2, 0.25) is 10.0 Å². The van der Waals surface area contributed by atoms with E-state index in [4.69, 9.17) is 16.3 Å². The Morgan fingerprint density at radius 3 is 2.72 bits per heavy atom. The molecule has 0 aliphatic heterocycles. The van der Waals surface area contributed by atoms with E-state index in [0.717, 1.165) is 0 Å². The number of ether oxygens (including phenoxy) is 1. The van der Waals surface area contributed by atoms with Crippen molar-refractivity contribution in [1.82, 2.24) is 10.0 Å². The SMILES string of the molecule is COCCNCCNS(=O)(=O)c1cccc(Cl)c1. The first-order chi connectivity index (χ1) is 8.56. The van der Waals surface area contributed by atoms with Crippen LogP contribution in [0.1, 0.15) is 0 Å². The quantitative estimate of drug-likeness (QED) is 0.697. The molecule has 7 heteroatoms. The first-order valence-corrected chi connectivity index (χ1v) is 7.37. The Balaban J connectivity index is 2.41. The summed E-state index contributed by atoms with van der Waals surface area (Å²) >= 11 is 5.75. The van der Waals surface area contributed by atoms with E-state index in [-0.39, 0.29) is 4.90 Å². The molecule has 0 aromatic heterocycles. The molecule has 1 aromatic carbocycles. The van der Waals surface area contributed by atoms with Gasteiger partial charge >= 0.3 is 0 Å². The smallest absolute Gasteiger partial charge is 0.240 e. The molecule has 0 bridgehead atoms. The molecule has 0 radical (unpaired) electrons. The molecule has 0 spiro atoms. The van der Waals surface area contributed by atoms with Crippen molar-refractivity contribution in [3.8, 4) is 0 Å². The molecule has 0 unspecified atom stereocenters. The van der Waals surface area contributed by atoms with Gasteiger partial charge < -0.3 is 10.1 Å².